The Morgan fingerprint density at radius 3 is 2.21 bits per heavy atom. The quantitative estimate of drug-likeness (QED) is 0.723. The maximum atomic E-state index is 12.4. The van der Waals surface area contributed by atoms with Gasteiger partial charge in [0.2, 0.25) is 0 Å². The van der Waals surface area contributed by atoms with Gasteiger partial charge in [-0.05, 0) is 56.2 Å². The Kier molecular flexibility index (Phi) is 7.06. The second kappa shape index (κ2) is 9.93. The third-order valence-electron chi connectivity index (χ3n) is 5.03. The summed E-state index contributed by atoms with van der Waals surface area (Å²) in [5.74, 6) is 0.361. The first kappa shape index (κ1) is 19.9. The number of rotatable bonds is 6. The Labute approximate surface area is 166 Å². The predicted molar refractivity (Wildman–Crippen MR) is 111 cm³/mol. The average Bonchev–Trinajstić information content (AvgIpc) is 2.98. The summed E-state index contributed by atoms with van der Waals surface area (Å²) in [6.07, 6.45) is 6.40. The van der Waals surface area contributed by atoms with E-state index in [0.717, 1.165) is 12.8 Å². The van der Waals surface area contributed by atoms with Gasteiger partial charge in [-0.3, -0.25) is 9.59 Å². The minimum absolute atomic E-state index is 0.0756. The molecule has 1 atom stereocenters. The Morgan fingerprint density at radius 1 is 0.929 bits per heavy atom. The van der Waals surface area contributed by atoms with E-state index in [-0.39, 0.29) is 17.9 Å². The number of carbonyl (C=O) groups excluding carboxylic acids is 2. The molecule has 1 fully saturated rings. The van der Waals surface area contributed by atoms with Crippen molar-refractivity contribution in [2.75, 3.05) is 5.32 Å². The van der Waals surface area contributed by atoms with Gasteiger partial charge in [0.1, 0.15) is 5.75 Å². The molecule has 1 aliphatic rings. The zero-order chi connectivity index (χ0) is 19.8. The molecule has 2 amide bonds. The highest BCUT2D eigenvalue weighted by atomic mass is 16.5. The van der Waals surface area contributed by atoms with Gasteiger partial charge in [-0.1, -0.05) is 43.9 Å². The third kappa shape index (κ3) is 5.84. The number of amides is 2. The van der Waals surface area contributed by atoms with Crippen LogP contribution in [0.4, 0.5) is 5.69 Å². The monoisotopic (exact) mass is 380 g/mol. The summed E-state index contributed by atoms with van der Waals surface area (Å²) >= 11 is 0. The molecule has 5 nitrogen and oxygen atoms in total. The molecule has 2 aromatic rings. The van der Waals surface area contributed by atoms with E-state index in [2.05, 4.69) is 10.6 Å². The zero-order valence-corrected chi connectivity index (χ0v) is 16.3. The number of carbonyl (C=O) groups is 2. The van der Waals surface area contributed by atoms with Crippen molar-refractivity contribution in [3.63, 3.8) is 0 Å². The fourth-order valence-corrected chi connectivity index (χ4v) is 3.41. The molecule has 148 valence electrons. The van der Waals surface area contributed by atoms with Crippen LogP contribution < -0.4 is 15.4 Å². The molecule has 0 saturated heterocycles. The molecule has 28 heavy (non-hydrogen) atoms. The lowest BCUT2D eigenvalue weighted by Crippen LogP contribution is -2.42. The first-order valence-electron chi connectivity index (χ1n) is 10.1. The first-order chi connectivity index (χ1) is 13.6. The van der Waals surface area contributed by atoms with Gasteiger partial charge in [0, 0.05) is 17.3 Å². The van der Waals surface area contributed by atoms with Crippen LogP contribution in [0.3, 0.4) is 0 Å². The summed E-state index contributed by atoms with van der Waals surface area (Å²) in [5.41, 5.74) is 1.28. The van der Waals surface area contributed by atoms with E-state index in [0.29, 0.717) is 17.0 Å². The van der Waals surface area contributed by atoms with Crippen molar-refractivity contribution in [2.45, 2.75) is 57.6 Å². The van der Waals surface area contributed by atoms with Crippen LogP contribution in [-0.2, 0) is 4.79 Å². The topological polar surface area (TPSA) is 67.4 Å². The second-order valence-electron chi connectivity index (χ2n) is 7.30. The van der Waals surface area contributed by atoms with E-state index >= 15 is 0 Å². The summed E-state index contributed by atoms with van der Waals surface area (Å²) in [7, 11) is 0. The van der Waals surface area contributed by atoms with Gasteiger partial charge in [-0.25, -0.2) is 0 Å². The van der Waals surface area contributed by atoms with Crippen molar-refractivity contribution in [3.05, 3.63) is 60.2 Å². The molecule has 0 bridgehead atoms. The highest BCUT2D eigenvalue weighted by molar-refractivity contribution is 6.04. The SMILES string of the molecule is C[C@H](Oc1ccc(NC(=O)c2ccccc2)cc1)C(=O)NC1CCCCCC1. The molecule has 0 spiro atoms. The fourth-order valence-electron chi connectivity index (χ4n) is 3.41. The predicted octanol–water partition coefficient (Wildman–Crippen LogP) is 4.55. The molecule has 0 heterocycles. The van der Waals surface area contributed by atoms with Gasteiger partial charge >= 0.3 is 0 Å². The van der Waals surface area contributed by atoms with Gasteiger partial charge in [0.05, 0.1) is 0 Å². The van der Waals surface area contributed by atoms with Crippen LogP contribution in [0.1, 0.15) is 55.8 Å². The zero-order valence-electron chi connectivity index (χ0n) is 16.3. The van der Waals surface area contributed by atoms with Crippen LogP contribution in [0.25, 0.3) is 0 Å². The smallest absolute Gasteiger partial charge is 0.260 e. The molecule has 2 N–H and O–H groups in total. The summed E-state index contributed by atoms with van der Waals surface area (Å²) in [6, 6.07) is 16.4. The first-order valence-corrected chi connectivity index (χ1v) is 10.1. The molecule has 0 unspecified atom stereocenters. The molecule has 5 heteroatoms. The standard InChI is InChI=1S/C23H28N2O3/c1-17(22(26)24-19-11-7-2-3-8-12-19)28-21-15-13-20(14-16-21)25-23(27)18-9-5-4-6-10-18/h4-6,9-10,13-17,19H,2-3,7-8,11-12H2,1H3,(H,24,26)(H,25,27)/t17-/m0/s1. The minimum atomic E-state index is -0.562. The van der Waals surface area contributed by atoms with E-state index in [1.807, 2.05) is 18.2 Å². The van der Waals surface area contributed by atoms with Gasteiger partial charge < -0.3 is 15.4 Å². The van der Waals surface area contributed by atoms with Crippen LogP contribution in [-0.4, -0.2) is 24.0 Å². The number of hydrogen-bond acceptors (Lipinski definition) is 3. The Morgan fingerprint density at radius 2 is 1.57 bits per heavy atom. The minimum Gasteiger partial charge on any atom is -0.481 e. The van der Waals surface area contributed by atoms with Gasteiger partial charge in [0.15, 0.2) is 6.10 Å². The molecule has 1 saturated carbocycles. The molecule has 0 aromatic heterocycles. The Bertz CT molecular complexity index is 766. The van der Waals surface area contributed by atoms with Crippen LogP contribution in [0.5, 0.6) is 5.75 Å². The van der Waals surface area contributed by atoms with E-state index in [1.54, 1.807) is 43.3 Å². The Balaban J connectivity index is 1.50. The lowest BCUT2D eigenvalue weighted by atomic mass is 10.1. The van der Waals surface area contributed by atoms with Crippen molar-refractivity contribution in [3.8, 4) is 5.75 Å². The summed E-state index contributed by atoms with van der Waals surface area (Å²) < 4.78 is 5.77. The Hall–Kier alpha value is -2.82. The maximum absolute atomic E-state index is 12.4. The highest BCUT2D eigenvalue weighted by Gasteiger charge is 2.20. The average molecular weight is 380 g/mol. The van der Waals surface area contributed by atoms with Gasteiger partial charge in [0.25, 0.3) is 11.8 Å². The maximum Gasteiger partial charge on any atom is 0.260 e. The number of benzene rings is 2. The molecule has 0 aliphatic heterocycles. The lowest BCUT2D eigenvalue weighted by Gasteiger charge is -2.20. The summed E-state index contributed by atoms with van der Waals surface area (Å²) in [6.45, 7) is 1.76. The van der Waals surface area contributed by atoms with Crippen molar-refractivity contribution in [1.29, 1.82) is 0 Å². The fraction of sp³-hybridized carbons (Fsp3) is 0.391. The summed E-state index contributed by atoms with van der Waals surface area (Å²) in [5, 5.41) is 5.96. The van der Waals surface area contributed by atoms with Gasteiger partial charge in [-0.2, -0.15) is 0 Å². The molecular weight excluding hydrogens is 352 g/mol. The third-order valence-corrected chi connectivity index (χ3v) is 5.03. The van der Waals surface area contributed by atoms with Gasteiger partial charge in [-0.15, -0.1) is 0 Å². The largest absolute Gasteiger partial charge is 0.481 e. The van der Waals surface area contributed by atoms with E-state index in [1.165, 1.54) is 25.7 Å². The van der Waals surface area contributed by atoms with Crippen LogP contribution in [0, 0.1) is 0 Å². The number of nitrogens with one attached hydrogen (secondary N) is 2. The molecule has 0 radical (unpaired) electrons. The normalized spacial score (nSPS) is 15.9. The molecule has 2 aromatic carbocycles. The lowest BCUT2D eigenvalue weighted by molar-refractivity contribution is -0.128. The van der Waals surface area contributed by atoms with Crippen LogP contribution >= 0.6 is 0 Å². The number of anilines is 1. The van der Waals surface area contributed by atoms with Crippen LogP contribution in [0.15, 0.2) is 54.6 Å². The van der Waals surface area contributed by atoms with Crippen molar-refractivity contribution < 1.29 is 14.3 Å². The van der Waals surface area contributed by atoms with E-state index < -0.39 is 6.10 Å². The number of hydrogen-bond donors (Lipinski definition) is 2. The highest BCUT2D eigenvalue weighted by Crippen LogP contribution is 2.19. The van der Waals surface area contributed by atoms with Crippen LogP contribution in [0.2, 0.25) is 0 Å². The van der Waals surface area contributed by atoms with E-state index in [9.17, 15) is 9.59 Å². The van der Waals surface area contributed by atoms with Crippen molar-refractivity contribution in [2.24, 2.45) is 0 Å². The summed E-state index contributed by atoms with van der Waals surface area (Å²) in [4.78, 5) is 24.6. The molecular formula is C23H28N2O3. The number of ether oxygens (including phenoxy) is 1. The van der Waals surface area contributed by atoms with E-state index in [4.69, 9.17) is 4.74 Å². The van der Waals surface area contributed by atoms with Crippen molar-refractivity contribution >= 4 is 17.5 Å². The molecule has 1 aliphatic carbocycles. The second-order valence-corrected chi connectivity index (χ2v) is 7.30. The van der Waals surface area contributed by atoms with Crippen molar-refractivity contribution in [1.82, 2.24) is 5.32 Å². The molecule has 3 rings (SSSR count).